The molecule has 1 saturated carbocycles. The van der Waals surface area contributed by atoms with Crippen molar-refractivity contribution >= 4 is 0 Å². The van der Waals surface area contributed by atoms with Crippen LogP contribution in [0.5, 0.6) is 0 Å². The molecule has 0 bridgehead atoms. The summed E-state index contributed by atoms with van der Waals surface area (Å²) in [5.41, 5.74) is 2.94. The van der Waals surface area contributed by atoms with Crippen molar-refractivity contribution in [2.75, 3.05) is 6.54 Å². The van der Waals surface area contributed by atoms with Gasteiger partial charge in [-0.3, -0.25) is 0 Å². The molecule has 0 amide bonds. The minimum atomic E-state index is 0.619. The van der Waals surface area contributed by atoms with Crippen LogP contribution in [0.4, 0.5) is 0 Å². The first-order valence-electron chi connectivity index (χ1n) is 8.50. The zero-order valence-corrected chi connectivity index (χ0v) is 13.3. The molecule has 0 aliphatic heterocycles. The van der Waals surface area contributed by atoms with E-state index in [1.54, 1.807) is 5.69 Å². The van der Waals surface area contributed by atoms with Gasteiger partial charge in [-0.15, -0.1) is 0 Å². The molecule has 112 valence electrons. The maximum absolute atomic E-state index is 4.88. The zero-order valence-electron chi connectivity index (χ0n) is 13.3. The Morgan fingerprint density at radius 2 is 2.05 bits per heavy atom. The van der Waals surface area contributed by atoms with Gasteiger partial charge in [0, 0.05) is 11.7 Å². The van der Waals surface area contributed by atoms with Crippen molar-refractivity contribution in [3.63, 3.8) is 0 Å². The Kier molecular flexibility index (Phi) is 4.16. The number of imidazole rings is 1. The molecule has 3 rings (SSSR count). The summed E-state index contributed by atoms with van der Waals surface area (Å²) in [6.07, 6.45) is 9.07. The summed E-state index contributed by atoms with van der Waals surface area (Å²) < 4.78 is 2.61. The van der Waals surface area contributed by atoms with Gasteiger partial charge in [-0.05, 0) is 64.3 Å². The summed E-state index contributed by atoms with van der Waals surface area (Å²) in [6.45, 7) is 7.92. The van der Waals surface area contributed by atoms with Crippen LogP contribution in [0.2, 0.25) is 0 Å². The maximum Gasteiger partial charge on any atom is 0.106 e. The highest BCUT2D eigenvalue weighted by Gasteiger charge is 2.32. The second-order valence-corrected chi connectivity index (χ2v) is 6.78. The molecule has 1 N–H and O–H groups in total. The summed E-state index contributed by atoms with van der Waals surface area (Å²) in [4.78, 5) is 4.88. The Morgan fingerprint density at radius 1 is 1.25 bits per heavy atom. The first-order chi connectivity index (χ1) is 9.70. The molecular formula is C17H29N3. The third-order valence-electron chi connectivity index (χ3n) is 5.22. The average Bonchev–Trinajstić information content (AvgIpc) is 2.77. The molecule has 1 aromatic rings. The molecule has 3 atom stereocenters. The van der Waals surface area contributed by atoms with E-state index >= 15 is 0 Å². The molecule has 2 aliphatic rings. The lowest BCUT2D eigenvalue weighted by atomic mass is 9.82. The van der Waals surface area contributed by atoms with Crippen molar-refractivity contribution in [3.8, 4) is 0 Å². The van der Waals surface area contributed by atoms with Gasteiger partial charge in [-0.2, -0.15) is 0 Å². The normalized spacial score (nSPS) is 30.2. The van der Waals surface area contributed by atoms with Crippen LogP contribution in [0.1, 0.15) is 69.2 Å². The Balaban J connectivity index is 1.94. The average molecular weight is 275 g/mol. The predicted octanol–water partition coefficient (Wildman–Crippen LogP) is 3.41. The Bertz CT molecular complexity index is 463. The van der Waals surface area contributed by atoms with E-state index < -0.39 is 0 Å². The molecule has 0 spiro atoms. The number of fused-ring (bicyclic) bond motifs is 1. The summed E-state index contributed by atoms with van der Waals surface area (Å²) in [5, 5.41) is 3.73. The third-order valence-corrected chi connectivity index (χ3v) is 5.22. The van der Waals surface area contributed by atoms with Gasteiger partial charge in [0.2, 0.25) is 0 Å². The van der Waals surface area contributed by atoms with Crippen LogP contribution in [0.15, 0.2) is 0 Å². The molecular weight excluding hydrogens is 246 g/mol. The molecule has 3 nitrogen and oxygen atoms in total. The quantitative estimate of drug-likeness (QED) is 0.916. The molecule has 0 saturated heterocycles. The second kappa shape index (κ2) is 5.88. The summed E-state index contributed by atoms with van der Waals surface area (Å²) >= 11 is 0. The topological polar surface area (TPSA) is 29.9 Å². The highest BCUT2D eigenvalue weighted by Crippen LogP contribution is 2.36. The van der Waals surface area contributed by atoms with Gasteiger partial charge >= 0.3 is 0 Å². The van der Waals surface area contributed by atoms with Crippen molar-refractivity contribution in [1.82, 2.24) is 14.9 Å². The standard InChI is InChI=1S/C17H29N3/c1-4-18-14-10-9-12(2)11-17(14)20-13(3)19-15-7-5-6-8-16(15)20/h12,14,17-18H,4-11H2,1-3H3. The van der Waals surface area contributed by atoms with Crippen molar-refractivity contribution in [2.24, 2.45) is 5.92 Å². The summed E-state index contributed by atoms with van der Waals surface area (Å²) in [5.74, 6) is 2.09. The second-order valence-electron chi connectivity index (χ2n) is 6.78. The number of likely N-dealkylation sites (N-methyl/N-ethyl adjacent to an activating group) is 1. The van der Waals surface area contributed by atoms with Gasteiger partial charge in [-0.1, -0.05) is 13.8 Å². The van der Waals surface area contributed by atoms with Crippen LogP contribution in [0.3, 0.4) is 0 Å². The fourth-order valence-electron chi connectivity index (χ4n) is 4.27. The van der Waals surface area contributed by atoms with E-state index in [1.807, 2.05) is 0 Å². The Morgan fingerprint density at radius 3 is 2.85 bits per heavy atom. The van der Waals surface area contributed by atoms with E-state index in [1.165, 1.54) is 56.5 Å². The van der Waals surface area contributed by atoms with Gasteiger partial charge in [-0.25, -0.2) is 4.98 Å². The van der Waals surface area contributed by atoms with Gasteiger partial charge in [0.15, 0.2) is 0 Å². The maximum atomic E-state index is 4.88. The lowest BCUT2D eigenvalue weighted by Gasteiger charge is -2.38. The van der Waals surface area contributed by atoms with Crippen molar-refractivity contribution < 1.29 is 0 Å². The molecule has 2 aliphatic carbocycles. The van der Waals surface area contributed by atoms with Crippen LogP contribution in [-0.4, -0.2) is 22.1 Å². The lowest BCUT2D eigenvalue weighted by molar-refractivity contribution is 0.211. The summed E-state index contributed by atoms with van der Waals surface area (Å²) in [6, 6.07) is 1.25. The molecule has 1 fully saturated rings. The van der Waals surface area contributed by atoms with Crippen molar-refractivity contribution in [3.05, 3.63) is 17.2 Å². The van der Waals surface area contributed by atoms with E-state index in [0.717, 1.165) is 12.5 Å². The van der Waals surface area contributed by atoms with E-state index in [9.17, 15) is 0 Å². The third kappa shape index (κ3) is 2.52. The van der Waals surface area contributed by atoms with Crippen molar-refractivity contribution in [2.45, 2.75) is 77.8 Å². The first-order valence-corrected chi connectivity index (χ1v) is 8.50. The first kappa shape index (κ1) is 14.1. The fourth-order valence-corrected chi connectivity index (χ4v) is 4.27. The highest BCUT2D eigenvalue weighted by molar-refractivity contribution is 5.21. The molecule has 20 heavy (non-hydrogen) atoms. The molecule has 3 heteroatoms. The number of aromatic nitrogens is 2. The Labute approximate surface area is 123 Å². The SMILES string of the molecule is CCNC1CCC(C)CC1n1c(C)nc2c1CCCC2. The van der Waals surface area contributed by atoms with E-state index in [4.69, 9.17) is 4.98 Å². The smallest absolute Gasteiger partial charge is 0.106 e. The van der Waals surface area contributed by atoms with Crippen LogP contribution in [0.25, 0.3) is 0 Å². The molecule has 0 aromatic carbocycles. The summed E-state index contributed by atoms with van der Waals surface area (Å²) in [7, 11) is 0. The number of hydrogen-bond acceptors (Lipinski definition) is 2. The number of hydrogen-bond donors (Lipinski definition) is 1. The van der Waals surface area contributed by atoms with E-state index in [-0.39, 0.29) is 0 Å². The highest BCUT2D eigenvalue weighted by atomic mass is 15.2. The van der Waals surface area contributed by atoms with Crippen LogP contribution < -0.4 is 5.32 Å². The van der Waals surface area contributed by atoms with E-state index in [2.05, 4.69) is 30.7 Å². The number of nitrogens with zero attached hydrogens (tertiary/aromatic N) is 2. The zero-order chi connectivity index (χ0) is 14.1. The molecule has 0 radical (unpaired) electrons. The monoisotopic (exact) mass is 275 g/mol. The minimum absolute atomic E-state index is 0.619. The largest absolute Gasteiger partial charge is 0.327 e. The number of rotatable bonds is 3. The van der Waals surface area contributed by atoms with Gasteiger partial charge in [0.25, 0.3) is 0 Å². The van der Waals surface area contributed by atoms with Crippen LogP contribution in [-0.2, 0) is 12.8 Å². The Hall–Kier alpha value is -0.830. The molecule has 1 heterocycles. The number of nitrogens with one attached hydrogen (secondary N) is 1. The van der Waals surface area contributed by atoms with Crippen molar-refractivity contribution in [1.29, 1.82) is 0 Å². The van der Waals surface area contributed by atoms with Gasteiger partial charge < -0.3 is 9.88 Å². The van der Waals surface area contributed by atoms with Gasteiger partial charge in [0.1, 0.15) is 5.82 Å². The van der Waals surface area contributed by atoms with Crippen LogP contribution in [0, 0.1) is 12.8 Å². The fraction of sp³-hybridized carbons (Fsp3) is 0.824. The van der Waals surface area contributed by atoms with Gasteiger partial charge in [0.05, 0.1) is 11.7 Å². The molecule has 1 aromatic heterocycles. The van der Waals surface area contributed by atoms with E-state index in [0.29, 0.717) is 12.1 Å². The minimum Gasteiger partial charge on any atom is -0.327 e. The van der Waals surface area contributed by atoms with Crippen LogP contribution >= 0.6 is 0 Å². The number of aryl methyl sites for hydroxylation is 2. The predicted molar refractivity (Wildman–Crippen MR) is 83.1 cm³/mol. The molecule has 3 unspecified atom stereocenters. The lowest BCUT2D eigenvalue weighted by Crippen LogP contribution is -2.42.